The Bertz CT molecular complexity index is 938. The normalized spacial score (nSPS) is 10.8. The summed E-state index contributed by atoms with van der Waals surface area (Å²) in [6, 6.07) is 10.2. The molecule has 0 atom stereocenters. The van der Waals surface area contributed by atoms with E-state index in [-0.39, 0.29) is 0 Å². The summed E-state index contributed by atoms with van der Waals surface area (Å²) in [7, 11) is 0. The Labute approximate surface area is 143 Å². The molecular weight excluding hydrogens is 318 g/mol. The van der Waals surface area contributed by atoms with Gasteiger partial charge in [-0.15, -0.1) is 11.3 Å². The maximum Gasteiger partial charge on any atom is 0.223 e. The molecule has 0 aliphatic carbocycles. The number of thiazole rings is 1. The van der Waals surface area contributed by atoms with Crippen LogP contribution in [0.1, 0.15) is 5.01 Å². The van der Waals surface area contributed by atoms with Crippen LogP contribution in [0.15, 0.2) is 60.5 Å². The summed E-state index contributed by atoms with van der Waals surface area (Å²) in [4.78, 5) is 17.3. The zero-order chi connectivity index (χ0) is 16.2. The van der Waals surface area contributed by atoms with Crippen LogP contribution >= 0.6 is 11.3 Å². The minimum Gasteiger partial charge on any atom is -0.354 e. The summed E-state index contributed by atoms with van der Waals surface area (Å²) < 4.78 is 0. The molecule has 0 unspecified atom stereocenters. The maximum absolute atomic E-state index is 4.63. The first-order chi connectivity index (χ1) is 11.9. The van der Waals surface area contributed by atoms with Gasteiger partial charge in [-0.25, -0.2) is 15.0 Å². The van der Waals surface area contributed by atoms with Gasteiger partial charge in [-0.1, -0.05) is 12.1 Å². The maximum atomic E-state index is 4.63. The molecule has 5 nitrogen and oxygen atoms in total. The zero-order valence-corrected chi connectivity index (χ0v) is 13.7. The Hall–Kier alpha value is -2.86. The van der Waals surface area contributed by atoms with Crippen molar-refractivity contribution in [1.29, 1.82) is 0 Å². The molecule has 6 heteroatoms. The molecule has 1 N–H and O–H groups in total. The number of fused-ring (bicyclic) bond motifs is 1. The third-order valence-electron chi connectivity index (χ3n) is 3.70. The zero-order valence-electron chi connectivity index (χ0n) is 12.9. The highest BCUT2D eigenvalue weighted by molar-refractivity contribution is 7.09. The lowest BCUT2D eigenvalue weighted by Gasteiger charge is -2.06. The summed E-state index contributed by atoms with van der Waals surface area (Å²) in [5, 5.41) is 7.40. The van der Waals surface area contributed by atoms with Gasteiger partial charge >= 0.3 is 0 Å². The summed E-state index contributed by atoms with van der Waals surface area (Å²) in [5.74, 6) is 0.644. The number of rotatable bonds is 5. The van der Waals surface area contributed by atoms with E-state index in [1.807, 2.05) is 36.0 Å². The molecule has 3 aromatic heterocycles. The fourth-order valence-corrected chi connectivity index (χ4v) is 3.11. The summed E-state index contributed by atoms with van der Waals surface area (Å²) in [6.07, 6.45) is 8.14. The topological polar surface area (TPSA) is 63.6 Å². The van der Waals surface area contributed by atoms with E-state index in [0.29, 0.717) is 5.95 Å². The Morgan fingerprint density at radius 2 is 1.88 bits per heavy atom. The van der Waals surface area contributed by atoms with Crippen LogP contribution in [0.25, 0.3) is 22.0 Å². The fraction of sp³-hybridized carbons (Fsp3) is 0.111. The number of pyridine rings is 1. The smallest absolute Gasteiger partial charge is 0.223 e. The van der Waals surface area contributed by atoms with E-state index in [1.54, 1.807) is 23.7 Å². The van der Waals surface area contributed by atoms with Crippen LogP contribution in [0, 0.1) is 0 Å². The molecule has 0 saturated carbocycles. The molecule has 0 spiro atoms. The number of nitrogens with zero attached hydrogens (tertiary/aromatic N) is 4. The van der Waals surface area contributed by atoms with Gasteiger partial charge in [-0.05, 0) is 29.3 Å². The summed E-state index contributed by atoms with van der Waals surface area (Å²) >= 11 is 1.66. The van der Waals surface area contributed by atoms with Gasteiger partial charge in [0, 0.05) is 48.5 Å². The van der Waals surface area contributed by atoms with Crippen molar-refractivity contribution in [1.82, 2.24) is 19.9 Å². The minimum atomic E-state index is 0.644. The highest BCUT2D eigenvalue weighted by Crippen LogP contribution is 2.23. The fourth-order valence-electron chi connectivity index (χ4n) is 2.49. The molecule has 0 amide bonds. The Kier molecular flexibility index (Phi) is 4.12. The van der Waals surface area contributed by atoms with Gasteiger partial charge in [0.05, 0.1) is 10.5 Å². The highest BCUT2D eigenvalue weighted by Gasteiger charge is 2.03. The van der Waals surface area contributed by atoms with Gasteiger partial charge in [-0.3, -0.25) is 4.98 Å². The van der Waals surface area contributed by atoms with Crippen molar-refractivity contribution in [3.63, 3.8) is 0 Å². The highest BCUT2D eigenvalue weighted by atomic mass is 32.1. The second-order valence-corrected chi connectivity index (χ2v) is 6.28. The molecule has 0 bridgehead atoms. The third-order valence-corrected chi connectivity index (χ3v) is 4.54. The molecule has 0 fully saturated rings. The number of anilines is 1. The van der Waals surface area contributed by atoms with Gasteiger partial charge in [0.1, 0.15) is 0 Å². The average Bonchev–Trinajstić information content (AvgIpc) is 3.15. The van der Waals surface area contributed by atoms with Crippen molar-refractivity contribution in [2.24, 2.45) is 0 Å². The summed E-state index contributed by atoms with van der Waals surface area (Å²) in [5.41, 5.74) is 3.18. The SMILES string of the molecule is c1cc(-c2ccc3cnc(NCCc4nccs4)nc3c2)ccn1. The van der Waals surface area contributed by atoms with Gasteiger partial charge < -0.3 is 5.32 Å². The monoisotopic (exact) mass is 333 g/mol. The van der Waals surface area contributed by atoms with Crippen molar-refractivity contribution < 1.29 is 0 Å². The Morgan fingerprint density at radius 1 is 0.958 bits per heavy atom. The quantitative estimate of drug-likeness (QED) is 0.602. The van der Waals surface area contributed by atoms with Crippen LogP contribution in [-0.4, -0.2) is 26.5 Å². The molecule has 24 heavy (non-hydrogen) atoms. The van der Waals surface area contributed by atoms with Crippen LogP contribution in [0.5, 0.6) is 0 Å². The number of aromatic nitrogens is 4. The number of hydrogen-bond donors (Lipinski definition) is 1. The molecule has 0 aliphatic rings. The largest absolute Gasteiger partial charge is 0.354 e. The van der Waals surface area contributed by atoms with E-state index >= 15 is 0 Å². The second-order valence-electron chi connectivity index (χ2n) is 5.31. The van der Waals surface area contributed by atoms with Crippen LogP contribution in [0.3, 0.4) is 0 Å². The molecule has 1 aromatic carbocycles. The van der Waals surface area contributed by atoms with Crippen LogP contribution in [0.4, 0.5) is 5.95 Å². The van der Waals surface area contributed by atoms with Gasteiger partial charge in [0.2, 0.25) is 5.95 Å². The van der Waals surface area contributed by atoms with E-state index in [9.17, 15) is 0 Å². The van der Waals surface area contributed by atoms with E-state index < -0.39 is 0 Å². The van der Waals surface area contributed by atoms with Crippen molar-refractivity contribution in [2.45, 2.75) is 6.42 Å². The van der Waals surface area contributed by atoms with Gasteiger partial charge in [-0.2, -0.15) is 0 Å². The van der Waals surface area contributed by atoms with Crippen molar-refractivity contribution in [3.05, 3.63) is 65.5 Å². The third kappa shape index (κ3) is 3.23. The van der Waals surface area contributed by atoms with Crippen molar-refractivity contribution >= 4 is 28.2 Å². The predicted molar refractivity (Wildman–Crippen MR) is 97.1 cm³/mol. The lowest BCUT2D eigenvalue weighted by Crippen LogP contribution is -2.07. The minimum absolute atomic E-state index is 0.644. The molecule has 118 valence electrons. The van der Waals surface area contributed by atoms with E-state index in [0.717, 1.165) is 40.0 Å². The molecular formula is C18H15N5S. The second kappa shape index (κ2) is 6.72. The lowest BCUT2D eigenvalue weighted by molar-refractivity contribution is 0.975. The van der Waals surface area contributed by atoms with Crippen LogP contribution < -0.4 is 5.32 Å². The molecule has 0 saturated heterocycles. The average molecular weight is 333 g/mol. The molecule has 4 rings (SSSR count). The van der Waals surface area contributed by atoms with E-state index in [2.05, 4.69) is 37.4 Å². The molecule has 4 aromatic rings. The first-order valence-electron chi connectivity index (χ1n) is 7.68. The van der Waals surface area contributed by atoms with E-state index in [1.165, 1.54) is 0 Å². The Morgan fingerprint density at radius 3 is 2.71 bits per heavy atom. The van der Waals surface area contributed by atoms with Crippen LogP contribution in [0.2, 0.25) is 0 Å². The number of nitrogens with one attached hydrogen (secondary N) is 1. The van der Waals surface area contributed by atoms with Crippen molar-refractivity contribution in [3.8, 4) is 11.1 Å². The van der Waals surface area contributed by atoms with Crippen molar-refractivity contribution in [2.75, 3.05) is 11.9 Å². The first-order valence-corrected chi connectivity index (χ1v) is 8.56. The predicted octanol–water partition coefficient (Wildman–Crippen LogP) is 3.80. The number of hydrogen-bond acceptors (Lipinski definition) is 6. The summed E-state index contributed by atoms with van der Waals surface area (Å²) in [6.45, 7) is 0.767. The van der Waals surface area contributed by atoms with Gasteiger partial charge in [0.15, 0.2) is 0 Å². The standard InChI is InChI=1S/C18H15N5S/c1-2-15-12-22-18(21-8-5-17-20-9-10-24-17)23-16(15)11-14(1)13-3-6-19-7-4-13/h1-4,6-7,9-12H,5,8H2,(H,21,22,23). The van der Waals surface area contributed by atoms with E-state index in [4.69, 9.17) is 0 Å². The number of benzene rings is 1. The van der Waals surface area contributed by atoms with Gasteiger partial charge in [0.25, 0.3) is 0 Å². The van der Waals surface area contributed by atoms with Crippen LogP contribution in [-0.2, 0) is 6.42 Å². The Balaban J connectivity index is 1.55. The first kappa shape index (κ1) is 14.7. The molecule has 3 heterocycles. The molecule has 0 radical (unpaired) electrons. The lowest BCUT2D eigenvalue weighted by atomic mass is 10.1. The molecule has 0 aliphatic heterocycles.